The molecule has 3 rings (SSSR count). The average molecular weight is 417 g/mol. The van der Waals surface area contributed by atoms with Gasteiger partial charge in [0.1, 0.15) is 5.69 Å². The largest absolute Gasteiger partial charge is 0.366 e. The number of nitrogens with one attached hydrogen (secondary N) is 2. The molecule has 1 heterocycles. The molecule has 0 aliphatic carbocycles. The standard InChI is InChI=1S/C20H21ClN4O4/c1-13(26)22-15-6-7-17(16(21)12-15)23-20(27)14-8-10-24(11-9-14)18-4-2-3-5-19(18)25(28)29/h2-7,12,14H,8-11H2,1H3,(H,22,26)(H,23,27). The molecule has 1 aliphatic heterocycles. The van der Waals surface area contributed by atoms with Crippen molar-refractivity contribution >= 4 is 46.2 Å². The number of hydrogen-bond acceptors (Lipinski definition) is 5. The summed E-state index contributed by atoms with van der Waals surface area (Å²) >= 11 is 6.21. The minimum absolute atomic E-state index is 0.0708. The lowest BCUT2D eigenvalue weighted by molar-refractivity contribution is -0.384. The molecular weight excluding hydrogens is 396 g/mol. The molecule has 0 unspecified atom stereocenters. The molecule has 0 bridgehead atoms. The molecule has 152 valence electrons. The van der Waals surface area contributed by atoms with E-state index in [-0.39, 0.29) is 28.3 Å². The van der Waals surface area contributed by atoms with Crippen LogP contribution in [0.4, 0.5) is 22.7 Å². The van der Waals surface area contributed by atoms with Crippen molar-refractivity contribution in [1.29, 1.82) is 0 Å². The first-order valence-electron chi connectivity index (χ1n) is 9.21. The highest BCUT2D eigenvalue weighted by Gasteiger charge is 2.28. The Morgan fingerprint density at radius 2 is 1.83 bits per heavy atom. The van der Waals surface area contributed by atoms with E-state index in [2.05, 4.69) is 10.6 Å². The monoisotopic (exact) mass is 416 g/mol. The van der Waals surface area contributed by atoms with Gasteiger partial charge in [-0.3, -0.25) is 19.7 Å². The molecule has 1 saturated heterocycles. The van der Waals surface area contributed by atoms with Crippen LogP contribution in [0.15, 0.2) is 42.5 Å². The minimum Gasteiger partial charge on any atom is -0.366 e. The average Bonchev–Trinajstić information content (AvgIpc) is 2.69. The maximum Gasteiger partial charge on any atom is 0.292 e. The van der Waals surface area contributed by atoms with E-state index in [1.807, 2.05) is 4.90 Å². The van der Waals surface area contributed by atoms with Crippen molar-refractivity contribution < 1.29 is 14.5 Å². The van der Waals surface area contributed by atoms with Gasteiger partial charge in [-0.15, -0.1) is 0 Å². The summed E-state index contributed by atoms with van der Waals surface area (Å²) in [6.07, 6.45) is 1.17. The van der Waals surface area contributed by atoms with E-state index in [0.717, 1.165) is 0 Å². The van der Waals surface area contributed by atoms with Gasteiger partial charge in [0.05, 0.1) is 15.6 Å². The minimum atomic E-state index is -0.388. The van der Waals surface area contributed by atoms with Crippen LogP contribution in [0.1, 0.15) is 19.8 Å². The van der Waals surface area contributed by atoms with Gasteiger partial charge in [0.25, 0.3) is 5.69 Å². The number of nitrogens with zero attached hydrogens (tertiary/aromatic N) is 2. The Balaban J connectivity index is 1.61. The van der Waals surface area contributed by atoms with Gasteiger partial charge in [0.2, 0.25) is 11.8 Å². The van der Waals surface area contributed by atoms with E-state index in [9.17, 15) is 19.7 Å². The number of nitro groups is 1. The third-order valence-corrected chi connectivity index (χ3v) is 5.14. The Hall–Kier alpha value is -3.13. The quantitative estimate of drug-likeness (QED) is 0.564. The summed E-state index contributed by atoms with van der Waals surface area (Å²) in [6, 6.07) is 11.5. The molecule has 2 aromatic carbocycles. The van der Waals surface area contributed by atoms with Crippen LogP contribution >= 0.6 is 11.6 Å². The molecule has 2 amide bonds. The summed E-state index contributed by atoms with van der Waals surface area (Å²) in [6.45, 7) is 2.51. The number of nitro benzene ring substituents is 1. The van der Waals surface area contributed by atoms with Crippen molar-refractivity contribution in [3.05, 3.63) is 57.6 Å². The Morgan fingerprint density at radius 1 is 1.14 bits per heavy atom. The van der Waals surface area contributed by atoms with Crippen molar-refractivity contribution in [2.45, 2.75) is 19.8 Å². The van der Waals surface area contributed by atoms with E-state index in [4.69, 9.17) is 11.6 Å². The zero-order valence-corrected chi connectivity index (χ0v) is 16.6. The summed E-state index contributed by atoms with van der Waals surface area (Å²) in [5.74, 6) is -0.551. The third kappa shape index (κ3) is 5.03. The number of para-hydroxylation sites is 2. The number of anilines is 3. The molecule has 0 atom stereocenters. The van der Waals surface area contributed by atoms with Gasteiger partial charge in [-0.25, -0.2) is 0 Å². The summed E-state index contributed by atoms with van der Waals surface area (Å²) in [4.78, 5) is 36.5. The zero-order chi connectivity index (χ0) is 21.0. The molecule has 0 radical (unpaired) electrons. The van der Waals surface area contributed by atoms with Gasteiger partial charge in [0, 0.05) is 37.7 Å². The van der Waals surface area contributed by atoms with Crippen molar-refractivity contribution in [2.75, 3.05) is 28.6 Å². The molecule has 29 heavy (non-hydrogen) atoms. The highest BCUT2D eigenvalue weighted by Crippen LogP contribution is 2.32. The smallest absolute Gasteiger partial charge is 0.292 e. The van der Waals surface area contributed by atoms with E-state index in [0.29, 0.717) is 48.0 Å². The number of carbonyl (C=O) groups is 2. The zero-order valence-electron chi connectivity index (χ0n) is 15.9. The number of hydrogen-bond donors (Lipinski definition) is 2. The molecular formula is C20H21ClN4O4. The second-order valence-corrected chi connectivity index (χ2v) is 7.28. The van der Waals surface area contributed by atoms with E-state index in [1.165, 1.54) is 13.0 Å². The fraction of sp³-hybridized carbons (Fsp3) is 0.300. The number of carbonyl (C=O) groups excluding carboxylic acids is 2. The van der Waals surface area contributed by atoms with Crippen molar-refractivity contribution in [1.82, 2.24) is 0 Å². The number of halogens is 1. The lowest BCUT2D eigenvalue weighted by atomic mass is 9.95. The van der Waals surface area contributed by atoms with Crippen LogP contribution in [-0.2, 0) is 9.59 Å². The number of piperidine rings is 1. The fourth-order valence-electron chi connectivity index (χ4n) is 3.40. The molecule has 0 saturated carbocycles. The molecule has 0 aromatic heterocycles. The Labute approximate surface area is 173 Å². The van der Waals surface area contributed by atoms with Crippen LogP contribution in [0.5, 0.6) is 0 Å². The van der Waals surface area contributed by atoms with Crippen LogP contribution in [-0.4, -0.2) is 29.8 Å². The molecule has 2 N–H and O–H groups in total. The summed E-state index contributed by atoms with van der Waals surface area (Å²) in [5.41, 5.74) is 1.68. The van der Waals surface area contributed by atoms with E-state index >= 15 is 0 Å². The second-order valence-electron chi connectivity index (χ2n) is 6.87. The van der Waals surface area contributed by atoms with Crippen molar-refractivity contribution in [2.24, 2.45) is 5.92 Å². The first-order chi connectivity index (χ1) is 13.8. The Kier molecular flexibility index (Phi) is 6.33. The van der Waals surface area contributed by atoms with Crippen LogP contribution in [0, 0.1) is 16.0 Å². The molecule has 1 fully saturated rings. The van der Waals surface area contributed by atoms with Crippen LogP contribution < -0.4 is 15.5 Å². The molecule has 1 aliphatic rings. The predicted octanol–water partition coefficient (Wildman–Crippen LogP) is 4.06. The first-order valence-corrected chi connectivity index (χ1v) is 9.59. The SMILES string of the molecule is CC(=O)Nc1ccc(NC(=O)C2CCN(c3ccccc3[N+](=O)[O-])CC2)c(Cl)c1. The van der Waals surface area contributed by atoms with Gasteiger partial charge < -0.3 is 15.5 Å². The first kappa shape index (κ1) is 20.6. The third-order valence-electron chi connectivity index (χ3n) is 4.83. The van der Waals surface area contributed by atoms with Gasteiger partial charge in [-0.05, 0) is 37.1 Å². The molecule has 2 aromatic rings. The maximum absolute atomic E-state index is 12.6. The summed E-state index contributed by atoms with van der Waals surface area (Å²) in [5, 5.41) is 17.0. The topological polar surface area (TPSA) is 105 Å². The second kappa shape index (κ2) is 8.91. The molecule has 9 heteroatoms. The van der Waals surface area contributed by atoms with Crippen molar-refractivity contribution in [3.63, 3.8) is 0 Å². The summed E-state index contributed by atoms with van der Waals surface area (Å²) in [7, 11) is 0. The normalized spacial score (nSPS) is 14.3. The van der Waals surface area contributed by atoms with Gasteiger partial charge >= 0.3 is 0 Å². The van der Waals surface area contributed by atoms with Crippen LogP contribution in [0.2, 0.25) is 5.02 Å². The Bertz CT molecular complexity index is 942. The number of rotatable bonds is 5. The van der Waals surface area contributed by atoms with Crippen LogP contribution in [0.3, 0.4) is 0 Å². The Morgan fingerprint density at radius 3 is 2.45 bits per heavy atom. The highest BCUT2D eigenvalue weighted by atomic mass is 35.5. The van der Waals surface area contributed by atoms with Gasteiger partial charge in [0.15, 0.2) is 0 Å². The lowest BCUT2D eigenvalue weighted by Gasteiger charge is -2.32. The lowest BCUT2D eigenvalue weighted by Crippen LogP contribution is -2.38. The number of amides is 2. The number of benzene rings is 2. The molecule has 8 nitrogen and oxygen atoms in total. The molecule has 0 spiro atoms. The predicted molar refractivity (Wildman–Crippen MR) is 112 cm³/mol. The van der Waals surface area contributed by atoms with Crippen molar-refractivity contribution in [3.8, 4) is 0 Å². The van der Waals surface area contributed by atoms with Gasteiger partial charge in [-0.1, -0.05) is 23.7 Å². The maximum atomic E-state index is 12.6. The van der Waals surface area contributed by atoms with E-state index in [1.54, 1.807) is 36.4 Å². The van der Waals surface area contributed by atoms with E-state index < -0.39 is 0 Å². The van der Waals surface area contributed by atoms with Crippen LogP contribution in [0.25, 0.3) is 0 Å². The summed E-state index contributed by atoms with van der Waals surface area (Å²) < 4.78 is 0. The fourth-order valence-corrected chi connectivity index (χ4v) is 3.63. The highest BCUT2D eigenvalue weighted by molar-refractivity contribution is 6.34. The van der Waals surface area contributed by atoms with Gasteiger partial charge in [-0.2, -0.15) is 0 Å².